The molecule has 0 saturated heterocycles. The van der Waals surface area contributed by atoms with Crippen molar-refractivity contribution in [2.45, 2.75) is 32.8 Å². The van der Waals surface area contributed by atoms with Crippen molar-refractivity contribution >= 4 is 11.6 Å². The first-order valence-electron chi connectivity index (χ1n) is 3.02. The summed E-state index contributed by atoms with van der Waals surface area (Å²) in [6.07, 6.45) is 2.49. The van der Waals surface area contributed by atoms with E-state index in [1.807, 2.05) is 0 Å². The summed E-state index contributed by atoms with van der Waals surface area (Å²) in [6, 6.07) is 0.326. The van der Waals surface area contributed by atoms with Gasteiger partial charge in [0, 0.05) is 0 Å². The van der Waals surface area contributed by atoms with Gasteiger partial charge in [-0.15, -0.1) is 0 Å². The van der Waals surface area contributed by atoms with Gasteiger partial charge in [0.15, 0.2) is 0 Å². The number of ether oxygens (including phenoxy) is 1. The third-order valence-electron chi connectivity index (χ3n) is 1.21. The van der Waals surface area contributed by atoms with Gasteiger partial charge in [-0.1, -0.05) is 25.4 Å². The molecular weight excluding hydrogens is 124 g/mol. The monoisotopic (exact) mass is 136 g/mol. The lowest BCUT2D eigenvalue weighted by molar-refractivity contribution is 0.0814. The predicted octanol–water partition coefficient (Wildman–Crippen LogP) is 2.39. The Kier molecular flexibility index (Phi) is 5.56. The van der Waals surface area contributed by atoms with Gasteiger partial charge in [0.2, 0.25) is 0 Å². The Balaban J connectivity index is 3.07. The Bertz CT molecular complexity index is 43.8. The van der Waals surface area contributed by atoms with E-state index in [9.17, 15) is 0 Å². The van der Waals surface area contributed by atoms with E-state index in [-0.39, 0.29) is 0 Å². The molecule has 0 amide bonds. The van der Waals surface area contributed by atoms with Crippen molar-refractivity contribution in [3.05, 3.63) is 0 Å². The van der Waals surface area contributed by atoms with Gasteiger partial charge in [-0.05, 0) is 12.8 Å². The summed E-state index contributed by atoms with van der Waals surface area (Å²) in [6.45, 7) is 4.20. The summed E-state index contributed by atoms with van der Waals surface area (Å²) in [5.41, 5.74) is 0. The minimum Gasteiger partial charge on any atom is -0.363 e. The Hall–Kier alpha value is 0.250. The van der Waals surface area contributed by atoms with Crippen molar-refractivity contribution in [1.29, 1.82) is 0 Å². The van der Waals surface area contributed by atoms with Crippen LogP contribution in [-0.4, -0.2) is 12.2 Å². The smallest absolute Gasteiger partial charge is 0.121 e. The molecule has 0 spiro atoms. The fraction of sp³-hybridized carbons (Fsp3) is 1.00. The summed E-state index contributed by atoms with van der Waals surface area (Å²) in [7, 11) is 0. The number of rotatable bonds is 4. The van der Waals surface area contributed by atoms with Crippen LogP contribution in [0.25, 0.3) is 0 Å². The Morgan fingerprint density at radius 3 is 2.00 bits per heavy atom. The summed E-state index contributed by atoms with van der Waals surface area (Å²) in [5.74, 6) is 0. The van der Waals surface area contributed by atoms with Crippen LogP contribution in [0.15, 0.2) is 0 Å². The molecular formula is C6H13ClO. The van der Waals surface area contributed by atoms with Gasteiger partial charge in [0.25, 0.3) is 0 Å². The molecule has 0 N–H and O–H groups in total. The lowest BCUT2D eigenvalue weighted by Gasteiger charge is -2.09. The topological polar surface area (TPSA) is 9.23 Å². The first-order valence-corrected chi connectivity index (χ1v) is 3.56. The number of alkyl halides is 1. The summed E-state index contributed by atoms with van der Waals surface area (Å²) < 4.78 is 5.11. The maximum Gasteiger partial charge on any atom is 0.121 e. The molecule has 0 unspecified atom stereocenters. The van der Waals surface area contributed by atoms with Crippen LogP contribution in [0.2, 0.25) is 0 Å². The molecule has 0 atom stereocenters. The third kappa shape index (κ3) is 3.28. The minimum atomic E-state index is 0.326. The molecule has 0 aromatic rings. The van der Waals surface area contributed by atoms with Crippen LogP contribution in [0.5, 0.6) is 0 Å². The number of hydrogen-bond acceptors (Lipinski definition) is 1. The van der Waals surface area contributed by atoms with Crippen molar-refractivity contribution in [3.63, 3.8) is 0 Å². The van der Waals surface area contributed by atoms with Crippen LogP contribution in [0.1, 0.15) is 26.7 Å². The van der Waals surface area contributed by atoms with Crippen molar-refractivity contribution in [3.8, 4) is 0 Å². The van der Waals surface area contributed by atoms with Crippen LogP contribution in [0.3, 0.4) is 0 Å². The molecule has 0 radical (unpaired) electrons. The first-order chi connectivity index (χ1) is 3.85. The van der Waals surface area contributed by atoms with E-state index < -0.39 is 0 Å². The maximum absolute atomic E-state index is 5.33. The van der Waals surface area contributed by atoms with E-state index in [4.69, 9.17) is 16.3 Å². The van der Waals surface area contributed by atoms with Crippen LogP contribution < -0.4 is 0 Å². The first kappa shape index (κ1) is 8.25. The molecule has 2 heteroatoms. The normalized spacial score (nSPS) is 10.5. The third-order valence-corrected chi connectivity index (χ3v) is 1.34. The fourth-order valence-corrected chi connectivity index (χ4v) is 0.792. The molecule has 0 aromatic heterocycles. The van der Waals surface area contributed by atoms with Gasteiger partial charge in [-0.25, -0.2) is 0 Å². The van der Waals surface area contributed by atoms with Crippen LogP contribution in [0.4, 0.5) is 0 Å². The second-order valence-electron chi connectivity index (χ2n) is 1.71. The van der Waals surface area contributed by atoms with Gasteiger partial charge in [0.1, 0.15) is 6.07 Å². The van der Waals surface area contributed by atoms with Gasteiger partial charge in [-0.3, -0.25) is 0 Å². The zero-order valence-electron chi connectivity index (χ0n) is 5.48. The van der Waals surface area contributed by atoms with Gasteiger partial charge in [0.05, 0.1) is 6.10 Å². The molecule has 0 aliphatic heterocycles. The molecule has 0 fully saturated rings. The van der Waals surface area contributed by atoms with Gasteiger partial charge >= 0.3 is 0 Å². The van der Waals surface area contributed by atoms with Crippen LogP contribution in [-0.2, 0) is 4.74 Å². The number of hydrogen-bond donors (Lipinski definition) is 0. The van der Waals surface area contributed by atoms with E-state index in [0.717, 1.165) is 12.8 Å². The molecule has 0 aliphatic rings. The summed E-state index contributed by atoms with van der Waals surface area (Å²) in [4.78, 5) is 0. The number of halogens is 1. The maximum atomic E-state index is 5.33. The highest BCUT2D eigenvalue weighted by Gasteiger charge is 1.99. The van der Waals surface area contributed by atoms with Crippen molar-refractivity contribution < 1.29 is 4.74 Å². The zero-order valence-corrected chi connectivity index (χ0v) is 6.24. The highest BCUT2D eigenvalue weighted by Crippen LogP contribution is 2.02. The fourth-order valence-electron chi connectivity index (χ4n) is 0.613. The predicted molar refractivity (Wildman–Crippen MR) is 36.2 cm³/mol. The molecule has 8 heavy (non-hydrogen) atoms. The van der Waals surface area contributed by atoms with E-state index in [2.05, 4.69) is 13.8 Å². The summed E-state index contributed by atoms with van der Waals surface area (Å²) >= 11 is 5.33. The molecule has 50 valence electrons. The average molecular weight is 137 g/mol. The van der Waals surface area contributed by atoms with E-state index in [1.165, 1.54) is 0 Å². The Morgan fingerprint density at radius 1 is 1.38 bits per heavy atom. The minimum absolute atomic E-state index is 0.326. The molecule has 0 rings (SSSR count). The van der Waals surface area contributed by atoms with Gasteiger partial charge in [-0.2, -0.15) is 0 Å². The SMILES string of the molecule is CCC(CC)OCCl. The highest BCUT2D eigenvalue weighted by molar-refractivity contribution is 6.17. The van der Waals surface area contributed by atoms with Crippen LogP contribution in [0, 0.1) is 0 Å². The molecule has 1 nitrogen and oxygen atoms in total. The van der Waals surface area contributed by atoms with Crippen molar-refractivity contribution in [2.24, 2.45) is 0 Å². The lowest BCUT2D eigenvalue weighted by atomic mass is 10.2. The largest absolute Gasteiger partial charge is 0.363 e. The second kappa shape index (κ2) is 5.39. The zero-order chi connectivity index (χ0) is 6.41. The Labute approximate surface area is 56.0 Å². The highest BCUT2D eigenvalue weighted by atomic mass is 35.5. The van der Waals surface area contributed by atoms with Crippen LogP contribution >= 0.6 is 11.6 Å². The quantitative estimate of drug-likeness (QED) is 0.540. The molecule has 0 aliphatic carbocycles. The Morgan fingerprint density at radius 2 is 1.88 bits per heavy atom. The molecule has 0 bridgehead atoms. The summed E-state index contributed by atoms with van der Waals surface area (Å²) in [5, 5.41) is 0. The molecule has 0 aromatic carbocycles. The van der Waals surface area contributed by atoms with E-state index >= 15 is 0 Å². The molecule has 0 heterocycles. The average Bonchev–Trinajstić information content (AvgIpc) is 1.83. The lowest BCUT2D eigenvalue weighted by Crippen LogP contribution is -2.08. The molecule has 0 saturated carbocycles. The van der Waals surface area contributed by atoms with E-state index in [0.29, 0.717) is 12.2 Å². The van der Waals surface area contributed by atoms with Crippen molar-refractivity contribution in [2.75, 3.05) is 6.07 Å². The van der Waals surface area contributed by atoms with Crippen molar-refractivity contribution in [1.82, 2.24) is 0 Å². The van der Waals surface area contributed by atoms with Gasteiger partial charge < -0.3 is 4.74 Å². The van der Waals surface area contributed by atoms with E-state index in [1.54, 1.807) is 0 Å². The second-order valence-corrected chi connectivity index (χ2v) is 1.93. The standard InChI is InChI=1S/C6H13ClO/c1-3-6(4-2)8-5-7/h6H,3-5H2,1-2H3.